The fourth-order valence-corrected chi connectivity index (χ4v) is 4.51. The van der Waals surface area contributed by atoms with Crippen LogP contribution in [0.3, 0.4) is 0 Å². The molecule has 0 spiro atoms. The van der Waals surface area contributed by atoms with Crippen molar-refractivity contribution in [2.45, 2.75) is 66.7 Å². The van der Waals surface area contributed by atoms with Crippen molar-refractivity contribution in [1.29, 1.82) is 0 Å². The molecule has 2 nitrogen and oxygen atoms in total. The molecule has 163 valence electrons. The normalized spacial score (nSPS) is 20.8. The zero-order chi connectivity index (χ0) is 19.7. The van der Waals surface area contributed by atoms with Gasteiger partial charge in [0.2, 0.25) is 0 Å². The molecule has 2 aromatic rings. The molecule has 1 aliphatic rings. The minimum Gasteiger partial charge on any atom is -1.00 e. The molecule has 1 saturated heterocycles. The van der Waals surface area contributed by atoms with Gasteiger partial charge in [-0.1, -0.05) is 102 Å². The van der Waals surface area contributed by atoms with Crippen LogP contribution in [0.4, 0.5) is 0 Å². The summed E-state index contributed by atoms with van der Waals surface area (Å²) in [5.74, 6) is 0. The fraction of sp³-hybridized carbons (Fsp3) is 0.480. The van der Waals surface area contributed by atoms with Crippen molar-refractivity contribution in [3.8, 4) is 0 Å². The van der Waals surface area contributed by atoms with E-state index in [-0.39, 0.29) is 45.6 Å². The van der Waals surface area contributed by atoms with Crippen LogP contribution in [0.15, 0.2) is 60.7 Å². The molecule has 0 aromatic heterocycles. The van der Waals surface area contributed by atoms with Crippen molar-refractivity contribution in [2.24, 2.45) is 10.8 Å². The van der Waals surface area contributed by atoms with Gasteiger partial charge in [-0.3, -0.25) is 9.80 Å². The van der Waals surface area contributed by atoms with Gasteiger partial charge in [0.15, 0.2) is 0 Å². The molecule has 2 atom stereocenters. The number of nitrogens with zero attached hydrogens (tertiary/aromatic N) is 2. The molecule has 1 aliphatic heterocycles. The molecule has 29 heavy (non-hydrogen) atoms. The van der Waals surface area contributed by atoms with Crippen molar-refractivity contribution < 1.29 is 34.8 Å². The smallest absolute Gasteiger partial charge is 1.00 e. The van der Waals surface area contributed by atoms with E-state index in [0.29, 0.717) is 12.1 Å². The molecule has 2 aromatic carbocycles. The van der Waals surface area contributed by atoms with Gasteiger partial charge in [-0.2, -0.15) is 0 Å². The Bertz CT molecular complexity index is 658. The van der Waals surface area contributed by atoms with Crippen molar-refractivity contribution in [1.82, 2.24) is 9.80 Å². The van der Waals surface area contributed by atoms with Crippen LogP contribution < -0.4 is 12.4 Å². The van der Waals surface area contributed by atoms with E-state index < -0.39 is 0 Å². The molecular formula is C25H35AgClN2. The van der Waals surface area contributed by atoms with E-state index in [9.17, 15) is 0 Å². The van der Waals surface area contributed by atoms with Gasteiger partial charge < -0.3 is 12.4 Å². The van der Waals surface area contributed by atoms with Crippen LogP contribution in [0.25, 0.3) is 0 Å². The van der Waals surface area contributed by atoms with E-state index in [4.69, 9.17) is 0 Å². The minimum absolute atomic E-state index is 0. The van der Waals surface area contributed by atoms with Gasteiger partial charge in [-0.25, -0.2) is 0 Å². The molecule has 0 aliphatic carbocycles. The maximum atomic E-state index is 2.58. The Morgan fingerprint density at radius 3 is 1.21 bits per heavy atom. The zero-order valence-corrected chi connectivity index (χ0v) is 20.7. The van der Waals surface area contributed by atoms with Gasteiger partial charge in [-0.15, -0.1) is 0 Å². The first kappa shape index (κ1) is 26.4. The predicted molar refractivity (Wildman–Crippen MR) is 115 cm³/mol. The largest absolute Gasteiger partial charge is 1.00 e. The SMILES string of the molecule is CC(C)(C)[C@@H]1[C@@H](C(C)(C)C)N(Cc2ccccc2)[CH]N1Cc1ccccc1.[Ag+].[Cl-]. The van der Waals surface area contributed by atoms with Crippen LogP contribution in [-0.4, -0.2) is 21.9 Å². The molecule has 0 unspecified atom stereocenters. The quantitative estimate of drug-likeness (QED) is 0.589. The van der Waals surface area contributed by atoms with Crippen molar-refractivity contribution in [2.75, 3.05) is 0 Å². The Labute approximate surface area is 200 Å². The van der Waals surface area contributed by atoms with E-state index in [1.165, 1.54) is 11.1 Å². The molecule has 0 amide bonds. The second kappa shape index (κ2) is 10.6. The van der Waals surface area contributed by atoms with Gasteiger partial charge in [0.05, 0.1) is 6.67 Å². The molecule has 1 fully saturated rings. The number of halogens is 1. The second-order valence-electron chi connectivity index (χ2n) is 10.1. The Kier molecular flexibility index (Phi) is 9.67. The maximum absolute atomic E-state index is 2.58. The fourth-order valence-electron chi connectivity index (χ4n) is 4.51. The summed E-state index contributed by atoms with van der Waals surface area (Å²) in [7, 11) is 0. The van der Waals surface area contributed by atoms with E-state index in [0.717, 1.165) is 13.1 Å². The van der Waals surface area contributed by atoms with Crippen molar-refractivity contribution in [3.05, 3.63) is 78.5 Å². The van der Waals surface area contributed by atoms with Gasteiger partial charge in [0.1, 0.15) is 0 Å². The summed E-state index contributed by atoms with van der Waals surface area (Å²) >= 11 is 0. The molecule has 0 saturated carbocycles. The third-order valence-electron chi connectivity index (χ3n) is 5.50. The molecule has 1 radical (unpaired) electrons. The standard InChI is InChI=1S/C25H35N2.Ag.ClH/c1-24(2,3)22-23(25(4,5)6)27(18-21-15-11-8-12-16-21)19-26(22)17-20-13-9-7-10-14-20;;/h7-16,19,22-23H,17-18H2,1-6H3;;1H/q;+1;/p-1/t22-,23-;;/m0../s1. The number of rotatable bonds is 4. The van der Waals surface area contributed by atoms with Gasteiger partial charge in [0.25, 0.3) is 0 Å². The average Bonchev–Trinajstić information content (AvgIpc) is 2.95. The summed E-state index contributed by atoms with van der Waals surface area (Å²) in [6.45, 7) is 18.6. The summed E-state index contributed by atoms with van der Waals surface area (Å²) in [6.07, 6.45) is 0. The monoisotopic (exact) mass is 505 g/mol. The van der Waals surface area contributed by atoms with Crippen LogP contribution in [-0.2, 0) is 35.5 Å². The first-order valence-corrected chi connectivity index (χ1v) is 10.1. The Morgan fingerprint density at radius 2 is 0.931 bits per heavy atom. The molecule has 0 N–H and O–H groups in total. The number of hydrogen-bond acceptors (Lipinski definition) is 2. The van der Waals surface area contributed by atoms with Gasteiger partial charge in [0, 0.05) is 25.2 Å². The molecular weight excluding hydrogens is 472 g/mol. The summed E-state index contributed by atoms with van der Waals surface area (Å²) in [4.78, 5) is 5.16. The van der Waals surface area contributed by atoms with Crippen LogP contribution in [0.1, 0.15) is 52.7 Å². The molecule has 4 heteroatoms. The van der Waals surface area contributed by atoms with E-state index in [2.05, 4.69) is 119 Å². The van der Waals surface area contributed by atoms with Gasteiger partial charge in [-0.05, 0) is 22.0 Å². The van der Waals surface area contributed by atoms with Gasteiger partial charge >= 0.3 is 22.4 Å². The van der Waals surface area contributed by atoms with Crippen LogP contribution in [0, 0.1) is 17.5 Å². The first-order valence-electron chi connectivity index (χ1n) is 10.1. The number of benzene rings is 2. The summed E-state index contributed by atoms with van der Waals surface area (Å²) in [6, 6.07) is 22.6. The van der Waals surface area contributed by atoms with Crippen molar-refractivity contribution >= 4 is 0 Å². The first-order chi connectivity index (χ1) is 12.7. The van der Waals surface area contributed by atoms with Crippen LogP contribution in [0.5, 0.6) is 0 Å². The third kappa shape index (κ3) is 6.69. The van der Waals surface area contributed by atoms with E-state index in [1.54, 1.807) is 0 Å². The molecule has 3 rings (SSSR count). The van der Waals surface area contributed by atoms with Crippen molar-refractivity contribution in [3.63, 3.8) is 0 Å². The summed E-state index contributed by atoms with van der Waals surface area (Å²) in [5, 5.41) is 0. The average molecular weight is 507 g/mol. The van der Waals surface area contributed by atoms with E-state index >= 15 is 0 Å². The Balaban J connectivity index is 0.00000210. The Morgan fingerprint density at radius 1 is 0.621 bits per heavy atom. The van der Waals surface area contributed by atoms with Crippen LogP contribution in [0.2, 0.25) is 0 Å². The van der Waals surface area contributed by atoms with Crippen LogP contribution >= 0.6 is 0 Å². The second-order valence-corrected chi connectivity index (χ2v) is 10.1. The summed E-state index contributed by atoms with van der Waals surface area (Å²) < 4.78 is 0. The topological polar surface area (TPSA) is 6.48 Å². The predicted octanol–water partition coefficient (Wildman–Crippen LogP) is 2.95. The maximum Gasteiger partial charge on any atom is 1.00 e. The number of hydrogen-bond donors (Lipinski definition) is 0. The molecule has 1 heterocycles. The molecule has 0 bridgehead atoms. The Hall–Kier alpha value is -0.610. The third-order valence-corrected chi connectivity index (χ3v) is 5.50. The zero-order valence-electron chi connectivity index (χ0n) is 18.5. The van der Waals surface area contributed by atoms with E-state index in [1.807, 2.05) is 0 Å². The summed E-state index contributed by atoms with van der Waals surface area (Å²) in [5.41, 5.74) is 3.12. The minimum atomic E-state index is 0.